The highest BCUT2D eigenvalue weighted by Crippen LogP contribution is 2.27. The number of amides is 2. The van der Waals surface area contributed by atoms with Gasteiger partial charge in [-0.2, -0.15) is 0 Å². The van der Waals surface area contributed by atoms with Crippen molar-refractivity contribution in [1.29, 1.82) is 0 Å². The smallest absolute Gasteiger partial charge is 0.316 e. The molecule has 0 bridgehead atoms. The van der Waals surface area contributed by atoms with E-state index in [4.69, 9.17) is 4.74 Å². The molecule has 1 aromatic carbocycles. The SMILES string of the molecule is CCCNC(=O)CNC(=O)COC(=O)CSc1ccc2c(c1)CCC2. The highest BCUT2D eigenvalue weighted by molar-refractivity contribution is 8.00. The highest BCUT2D eigenvalue weighted by Gasteiger charge is 2.13. The fourth-order valence-corrected chi connectivity index (χ4v) is 3.28. The normalized spacial score (nSPS) is 12.4. The standard InChI is InChI=1S/C18H24N2O4S/c1-2-8-19-16(21)10-20-17(22)11-24-18(23)12-25-15-7-6-13-4-3-5-14(13)9-15/h6-7,9H,2-5,8,10-12H2,1H3,(H,19,21)(H,20,22). The predicted molar refractivity (Wildman–Crippen MR) is 96.5 cm³/mol. The number of aryl methyl sites for hydroxylation is 2. The summed E-state index contributed by atoms with van der Waals surface area (Å²) in [6, 6.07) is 6.26. The second-order valence-electron chi connectivity index (χ2n) is 5.86. The first kappa shape index (κ1) is 19.3. The molecule has 0 saturated carbocycles. The quantitative estimate of drug-likeness (QED) is 0.512. The topological polar surface area (TPSA) is 84.5 Å². The van der Waals surface area contributed by atoms with Crippen molar-refractivity contribution in [2.75, 3.05) is 25.4 Å². The molecule has 0 fully saturated rings. The average Bonchev–Trinajstić information content (AvgIpc) is 3.08. The second-order valence-corrected chi connectivity index (χ2v) is 6.91. The molecule has 25 heavy (non-hydrogen) atoms. The maximum Gasteiger partial charge on any atom is 0.316 e. The Hall–Kier alpha value is -2.02. The first-order valence-electron chi connectivity index (χ1n) is 8.52. The number of esters is 1. The van der Waals surface area contributed by atoms with Crippen LogP contribution in [-0.4, -0.2) is 43.2 Å². The molecule has 1 aliphatic rings. The molecule has 0 radical (unpaired) electrons. The number of hydrogen-bond acceptors (Lipinski definition) is 5. The highest BCUT2D eigenvalue weighted by atomic mass is 32.2. The van der Waals surface area contributed by atoms with Crippen LogP contribution in [0.25, 0.3) is 0 Å². The van der Waals surface area contributed by atoms with Crippen molar-refractivity contribution in [3.8, 4) is 0 Å². The van der Waals surface area contributed by atoms with E-state index in [1.165, 1.54) is 29.3 Å². The van der Waals surface area contributed by atoms with Crippen LogP contribution in [0.5, 0.6) is 0 Å². The Labute approximate surface area is 152 Å². The van der Waals surface area contributed by atoms with Gasteiger partial charge in [0.1, 0.15) is 0 Å². The fraction of sp³-hybridized carbons (Fsp3) is 0.500. The molecular formula is C18H24N2O4S. The Kier molecular flexibility index (Phi) is 7.78. The molecule has 2 N–H and O–H groups in total. The van der Waals surface area contributed by atoms with Gasteiger partial charge in [0.2, 0.25) is 5.91 Å². The average molecular weight is 364 g/mol. The van der Waals surface area contributed by atoms with Crippen LogP contribution in [0.4, 0.5) is 0 Å². The van der Waals surface area contributed by atoms with Crippen LogP contribution in [0.2, 0.25) is 0 Å². The third kappa shape index (κ3) is 6.78. The summed E-state index contributed by atoms with van der Waals surface area (Å²) in [6.45, 7) is 2.04. The van der Waals surface area contributed by atoms with Gasteiger partial charge in [0.25, 0.3) is 5.91 Å². The van der Waals surface area contributed by atoms with E-state index in [-0.39, 0.29) is 24.8 Å². The molecular weight excluding hydrogens is 340 g/mol. The Morgan fingerprint density at radius 2 is 1.92 bits per heavy atom. The molecule has 0 atom stereocenters. The fourth-order valence-electron chi connectivity index (χ4n) is 2.52. The second kappa shape index (κ2) is 10.1. The summed E-state index contributed by atoms with van der Waals surface area (Å²) in [5.41, 5.74) is 2.76. The van der Waals surface area contributed by atoms with Crippen molar-refractivity contribution in [2.45, 2.75) is 37.5 Å². The number of hydrogen-bond donors (Lipinski definition) is 2. The molecule has 1 aromatic rings. The summed E-state index contributed by atoms with van der Waals surface area (Å²) in [5.74, 6) is -1.03. The van der Waals surface area contributed by atoms with E-state index in [9.17, 15) is 14.4 Å². The number of rotatable bonds is 9. The van der Waals surface area contributed by atoms with Crippen LogP contribution < -0.4 is 10.6 Å². The van der Waals surface area contributed by atoms with Gasteiger partial charge in [0.15, 0.2) is 6.61 Å². The summed E-state index contributed by atoms with van der Waals surface area (Å²) in [5, 5.41) is 5.06. The van der Waals surface area contributed by atoms with Crippen molar-refractivity contribution in [3.05, 3.63) is 29.3 Å². The molecule has 0 saturated heterocycles. The maximum absolute atomic E-state index is 11.7. The van der Waals surface area contributed by atoms with Crippen LogP contribution in [0.1, 0.15) is 30.9 Å². The molecule has 2 rings (SSSR count). The largest absolute Gasteiger partial charge is 0.455 e. The van der Waals surface area contributed by atoms with Crippen molar-refractivity contribution in [1.82, 2.24) is 10.6 Å². The number of fused-ring (bicyclic) bond motifs is 1. The maximum atomic E-state index is 11.7. The molecule has 0 aromatic heterocycles. The van der Waals surface area contributed by atoms with Crippen molar-refractivity contribution in [3.63, 3.8) is 0 Å². The molecule has 0 spiro atoms. The third-order valence-corrected chi connectivity index (χ3v) is 4.78. The summed E-state index contributed by atoms with van der Waals surface area (Å²) in [7, 11) is 0. The van der Waals surface area contributed by atoms with Gasteiger partial charge >= 0.3 is 5.97 Å². The number of carbonyl (C=O) groups excluding carboxylic acids is 3. The zero-order chi connectivity index (χ0) is 18.1. The number of nitrogens with one attached hydrogen (secondary N) is 2. The summed E-state index contributed by atoms with van der Waals surface area (Å²) in [4.78, 5) is 35.7. The minimum Gasteiger partial charge on any atom is -0.455 e. The summed E-state index contributed by atoms with van der Waals surface area (Å²) >= 11 is 1.40. The van der Waals surface area contributed by atoms with Gasteiger partial charge in [-0.05, 0) is 48.9 Å². The molecule has 0 unspecified atom stereocenters. The predicted octanol–water partition coefficient (Wildman–Crippen LogP) is 1.45. The van der Waals surface area contributed by atoms with E-state index < -0.39 is 11.9 Å². The van der Waals surface area contributed by atoms with Gasteiger partial charge in [-0.1, -0.05) is 13.0 Å². The number of ether oxygens (including phenoxy) is 1. The van der Waals surface area contributed by atoms with Crippen molar-refractivity contribution < 1.29 is 19.1 Å². The van der Waals surface area contributed by atoms with Crippen molar-refractivity contribution >= 4 is 29.5 Å². The lowest BCUT2D eigenvalue weighted by Crippen LogP contribution is -2.39. The van der Waals surface area contributed by atoms with Crippen LogP contribution >= 0.6 is 11.8 Å². The lowest BCUT2D eigenvalue weighted by atomic mass is 10.1. The molecule has 0 aliphatic heterocycles. The van der Waals surface area contributed by atoms with Gasteiger partial charge in [-0.25, -0.2) is 0 Å². The van der Waals surface area contributed by atoms with Gasteiger partial charge in [-0.15, -0.1) is 11.8 Å². The Morgan fingerprint density at radius 3 is 2.72 bits per heavy atom. The van der Waals surface area contributed by atoms with Gasteiger partial charge < -0.3 is 15.4 Å². The molecule has 136 valence electrons. The molecule has 1 aliphatic carbocycles. The Morgan fingerprint density at radius 1 is 1.12 bits per heavy atom. The summed E-state index contributed by atoms with van der Waals surface area (Å²) in [6.07, 6.45) is 4.25. The Balaban J connectivity index is 1.62. The van der Waals surface area contributed by atoms with E-state index in [0.29, 0.717) is 6.54 Å². The van der Waals surface area contributed by atoms with Crippen LogP contribution in [0.15, 0.2) is 23.1 Å². The Bertz CT molecular complexity index is 634. The van der Waals surface area contributed by atoms with Crippen LogP contribution in [-0.2, 0) is 32.0 Å². The first-order chi connectivity index (χ1) is 12.1. The van der Waals surface area contributed by atoms with Crippen LogP contribution in [0.3, 0.4) is 0 Å². The van der Waals surface area contributed by atoms with E-state index in [2.05, 4.69) is 22.8 Å². The van der Waals surface area contributed by atoms with E-state index in [0.717, 1.165) is 24.2 Å². The van der Waals surface area contributed by atoms with Crippen LogP contribution in [0, 0.1) is 0 Å². The van der Waals surface area contributed by atoms with E-state index in [1.54, 1.807) is 0 Å². The minimum absolute atomic E-state index is 0.111. The first-order valence-corrected chi connectivity index (χ1v) is 9.50. The molecule has 6 nitrogen and oxygen atoms in total. The lowest BCUT2D eigenvalue weighted by Gasteiger charge is -2.07. The summed E-state index contributed by atoms with van der Waals surface area (Å²) < 4.78 is 4.93. The number of carbonyl (C=O) groups is 3. The van der Waals surface area contributed by atoms with Gasteiger partial charge in [0, 0.05) is 11.4 Å². The number of benzene rings is 1. The van der Waals surface area contributed by atoms with Gasteiger partial charge in [0.05, 0.1) is 12.3 Å². The molecule has 0 heterocycles. The third-order valence-electron chi connectivity index (χ3n) is 3.81. The van der Waals surface area contributed by atoms with E-state index in [1.807, 2.05) is 13.0 Å². The zero-order valence-electron chi connectivity index (χ0n) is 14.4. The lowest BCUT2D eigenvalue weighted by molar-refractivity contribution is -0.146. The zero-order valence-corrected chi connectivity index (χ0v) is 15.2. The molecule has 2 amide bonds. The minimum atomic E-state index is -0.484. The monoisotopic (exact) mass is 364 g/mol. The van der Waals surface area contributed by atoms with Gasteiger partial charge in [-0.3, -0.25) is 14.4 Å². The van der Waals surface area contributed by atoms with Crippen molar-refractivity contribution in [2.24, 2.45) is 0 Å². The molecule has 7 heteroatoms. The number of thioether (sulfide) groups is 1. The van der Waals surface area contributed by atoms with E-state index >= 15 is 0 Å².